The Labute approximate surface area is 211 Å². The first-order chi connectivity index (χ1) is 17.1. The van der Waals surface area contributed by atoms with Gasteiger partial charge in [-0.3, -0.25) is 0 Å². The topological polar surface area (TPSA) is 124 Å². The fourth-order valence-electron chi connectivity index (χ4n) is 3.59. The zero-order valence-corrected chi connectivity index (χ0v) is 21.0. The van der Waals surface area contributed by atoms with Gasteiger partial charge < -0.3 is 25.6 Å². The Kier molecular flexibility index (Phi) is 8.66. The summed E-state index contributed by atoms with van der Waals surface area (Å²) in [4.78, 5) is 28.4. The van der Waals surface area contributed by atoms with Crippen LogP contribution in [0.5, 0.6) is 5.75 Å². The molecular weight excluding hydrogens is 458 g/mol. The second kappa shape index (κ2) is 11.7. The fraction of sp³-hybridized carbons (Fsp3) is 0.321. The number of aliphatic carboxylic acids is 1. The minimum absolute atomic E-state index is 0.228. The average Bonchev–Trinajstić information content (AvgIpc) is 2.82. The summed E-state index contributed by atoms with van der Waals surface area (Å²) in [6, 6.07) is 19.1. The first-order valence-electron chi connectivity index (χ1n) is 11.8. The molecule has 0 saturated carbocycles. The molecular formula is C28H33N3O5. The Morgan fingerprint density at radius 2 is 1.72 bits per heavy atom. The number of hydrogen-bond acceptors (Lipinski definition) is 7. The smallest absolute Gasteiger partial charge is 0.340 e. The van der Waals surface area contributed by atoms with E-state index in [1.54, 1.807) is 39.0 Å². The van der Waals surface area contributed by atoms with Crippen molar-refractivity contribution < 1.29 is 24.2 Å². The molecule has 8 nitrogen and oxygen atoms in total. The maximum absolute atomic E-state index is 12.3. The number of ether oxygens (including phenoxy) is 2. The van der Waals surface area contributed by atoms with E-state index in [0.717, 1.165) is 22.4 Å². The molecule has 190 valence electrons. The fourth-order valence-corrected chi connectivity index (χ4v) is 3.59. The average molecular weight is 492 g/mol. The predicted octanol–water partition coefficient (Wildman–Crippen LogP) is 4.60. The van der Waals surface area contributed by atoms with E-state index in [9.17, 15) is 14.7 Å². The lowest BCUT2D eigenvalue weighted by atomic mass is 9.99. The van der Waals surface area contributed by atoms with Gasteiger partial charge in [-0.25, -0.2) is 14.6 Å². The Bertz CT molecular complexity index is 1190. The van der Waals surface area contributed by atoms with Crippen LogP contribution in [-0.4, -0.2) is 40.3 Å². The van der Waals surface area contributed by atoms with Crippen molar-refractivity contribution >= 4 is 17.8 Å². The summed E-state index contributed by atoms with van der Waals surface area (Å²) < 4.78 is 10.8. The number of rotatable bonds is 10. The number of benzene rings is 2. The molecule has 0 amide bonds. The van der Waals surface area contributed by atoms with Gasteiger partial charge in [0.25, 0.3) is 0 Å². The van der Waals surface area contributed by atoms with E-state index in [4.69, 9.17) is 15.2 Å². The molecule has 0 aliphatic rings. The summed E-state index contributed by atoms with van der Waals surface area (Å²) in [6.07, 6.45) is 0.532. The van der Waals surface area contributed by atoms with Crippen LogP contribution in [-0.2, 0) is 20.7 Å². The van der Waals surface area contributed by atoms with E-state index < -0.39 is 29.6 Å². The lowest BCUT2D eigenvalue weighted by molar-refractivity contribution is -0.160. The largest absolute Gasteiger partial charge is 0.494 e. The molecule has 0 spiro atoms. The molecule has 2 atom stereocenters. The van der Waals surface area contributed by atoms with Gasteiger partial charge in [0.1, 0.15) is 17.2 Å². The van der Waals surface area contributed by atoms with Crippen LogP contribution in [0.3, 0.4) is 0 Å². The molecule has 1 heterocycles. The van der Waals surface area contributed by atoms with Crippen LogP contribution < -0.4 is 15.8 Å². The number of anilines is 1. The van der Waals surface area contributed by atoms with Gasteiger partial charge in [-0.1, -0.05) is 42.5 Å². The minimum atomic E-state index is -1.59. The summed E-state index contributed by atoms with van der Waals surface area (Å²) >= 11 is 0. The molecule has 8 heteroatoms. The number of carboxylic acids is 1. The summed E-state index contributed by atoms with van der Waals surface area (Å²) in [7, 11) is 0. The number of carbonyl (C=O) groups excluding carboxylic acids is 1. The van der Waals surface area contributed by atoms with Gasteiger partial charge in [0.15, 0.2) is 0 Å². The van der Waals surface area contributed by atoms with Crippen LogP contribution in [0.1, 0.15) is 45.0 Å². The number of nitrogens with zero attached hydrogens (tertiary/aromatic N) is 1. The molecule has 0 saturated heterocycles. The van der Waals surface area contributed by atoms with Crippen LogP contribution >= 0.6 is 0 Å². The number of carboxylic acid groups (broad SMARTS) is 1. The molecule has 2 unspecified atom stereocenters. The van der Waals surface area contributed by atoms with E-state index in [1.165, 1.54) is 0 Å². The molecule has 3 aromatic rings. The second-order valence-corrected chi connectivity index (χ2v) is 9.37. The minimum Gasteiger partial charge on any atom is -0.494 e. The first-order valence-corrected chi connectivity index (χ1v) is 11.8. The summed E-state index contributed by atoms with van der Waals surface area (Å²) in [5.41, 5.74) is 9.34. The van der Waals surface area contributed by atoms with E-state index in [1.807, 2.05) is 55.5 Å². The summed E-state index contributed by atoms with van der Waals surface area (Å²) in [6.45, 7) is 7.59. The van der Waals surface area contributed by atoms with Crippen LogP contribution in [0.25, 0.3) is 11.1 Å². The van der Waals surface area contributed by atoms with Crippen molar-refractivity contribution in [2.45, 2.75) is 51.8 Å². The van der Waals surface area contributed by atoms with E-state index in [-0.39, 0.29) is 5.82 Å². The van der Waals surface area contributed by atoms with Crippen LogP contribution in [0.4, 0.5) is 5.82 Å². The third-order valence-corrected chi connectivity index (χ3v) is 5.22. The van der Waals surface area contributed by atoms with Crippen LogP contribution in [0.15, 0.2) is 66.7 Å². The standard InChI is InChI=1S/C28H33N3O5/c1-5-35-21-9-6-8-20(17-21)19-14-12-18(13-15-19)16-22(29)23-10-7-11-24(30-23)31-25(26(32)33)27(34)36-28(2,3)4/h6-15,17,22,25H,5,16,29H2,1-4H3,(H,30,31)(H,32,33). The summed E-state index contributed by atoms with van der Waals surface area (Å²) in [5.74, 6) is -1.19. The molecule has 3 rings (SSSR count). The number of nitrogens with one attached hydrogen (secondary N) is 1. The zero-order chi connectivity index (χ0) is 26.3. The highest BCUT2D eigenvalue weighted by atomic mass is 16.6. The molecule has 2 aromatic carbocycles. The monoisotopic (exact) mass is 491 g/mol. The van der Waals surface area contributed by atoms with Gasteiger partial charge in [-0.2, -0.15) is 0 Å². The number of carbonyl (C=O) groups is 2. The van der Waals surface area contributed by atoms with Crippen molar-refractivity contribution in [2.75, 3.05) is 11.9 Å². The SMILES string of the molecule is CCOc1cccc(-c2ccc(CC(N)c3cccc(NC(C(=O)O)C(=O)OC(C)(C)C)n3)cc2)c1. The van der Waals surface area contributed by atoms with Gasteiger partial charge in [0.2, 0.25) is 6.04 Å². The molecule has 0 aliphatic carbocycles. The molecule has 0 bridgehead atoms. The van der Waals surface area contributed by atoms with Gasteiger partial charge in [0, 0.05) is 0 Å². The van der Waals surface area contributed by atoms with Crippen molar-refractivity contribution in [3.05, 3.63) is 78.0 Å². The zero-order valence-electron chi connectivity index (χ0n) is 21.0. The highest BCUT2D eigenvalue weighted by molar-refractivity contribution is 6.01. The third-order valence-electron chi connectivity index (χ3n) is 5.22. The maximum Gasteiger partial charge on any atom is 0.340 e. The molecule has 1 aromatic heterocycles. The predicted molar refractivity (Wildman–Crippen MR) is 139 cm³/mol. The Morgan fingerprint density at radius 3 is 2.36 bits per heavy atom. The van der Waals surface area contributed by atoms with Crippen molar-refractivity contribution in [2.24, 2.45) is 5.73 Å². The van der Waals surface area contributed by atoms with E-state index in [2.05, 4.69) is 10.3 Å². The van der Waals surface area contributed by atoms with Crippen LogP contribution in [0.2, 0.25) is 0 Å². The molecule has 0 fully saturated rings. The van der Waals surface area contributed by atoms with Crippen molar-refractivity contribution in [1.82, 2.24) is 4.98 Å². The first kappa shape index (κ1) is 26.7. The molecule has 0 aliphatic heterocycles. The van der Waals surface area contributed by atoms with E-state index >= 15 is 0 Å². The number of aromatic nitrogens is 1. The van der Waals surface area contributed by atoms with Gasteiger partial charge in [-0.15, -0.1) is 0 Å². The van der Waals surface area contributed by atoms with Crippen molar-refractivity contribution in [3.8, 4) is 16.9 Å². The Hall–Kier alpha value is -3.91. The van der Waals surface area contributed by atoms with Gasteiger partial charge in [-0.05, 0) is 75.1 Å². The maximum atomic E-state index is 12.3. The second-order valence-electron chi connectivity index (χ2n) is 9.37. The van der Waals surface area contributed by atoms with Crippen LogP contribution in [0, 0.1) is 0 Å². The number of esters is 1. The summed E-state index contributed by atoms with van der Waals surface area (Å²) in [5, 5.41) is 12.1. The van der Waals surface area contributed by atoms with Gasteiger partial charge in [0.05, 0.1) is 18.3 Å². The highest BCUT2D eigenvalue weighted by Gasteiger charge is 2.31. The van der Waals surface area contributed by atoms with Crippen molar-refractivity contribution in [3.63, 3.8) is 0 Å². The normalized spacial score (nSPS) is 12.9. The van der Waals surface area contributed by atoms with E-state index in [0.29, 0.717) is 18.7 Å². The number of hydrogen-bond donors (Lipinski definition) is 3. The Balaban J connectivity index is 1.69. The third kappa shape index (κ3) is 7.55. The number of pyridine rings is 1. The lowest BCUT2D eigenvalue weighted by Crippen LogP contribution is -2.42. The highest BCUT2D eigenvalue weighted by Crippen LogP contribution is 2.25. The molecule has 36 heavy (non-hydrogen) atoms. The van der Waals surface area contributed by atoms with Crippen molar-refractivity contribution in [1.29, 1.82) is 0 Å². The Morgan fingerprint density at radius 1 is 1.03 bits per heavy atom. The van der Waals surface area contributed by atoms with Gasteiger partial charge >= 0.3 is 11.9 Å². The molecule has 0 radical (unpaired) electrons. The number of nitrogens with two attached hydrogens (primary N) is 1. The lowest BCUT2D eigenvalue weighted by Gasteiger charge is -2.23. The quantitative estimate of drug-likeness (QED) is 0.278. The molecule has 4 N–H and O–H groups in total.